The van der Waals surface area contributed by atoms with Crippen molar-refractivity contribution in [1.29, 1.82) is 0 Å². The van der Waals surface area contributed by atoms with Crippen molar-refractivity contribution in [2.45, 2.75) is 93.3 Å². The third kappa shape index (κ3) is 24.2. The highest BCUT2D eigenvalue weighted by atomic mass is 16.6. The Labute approximate surface area is 695 Å². The molecule has 10 heteroatoms. The van der Waals surface area contributed by atoms with Crippen molar-refractivity contribution in [3.05, 3.63) is 419 Å². The molecule has 0 radical (unpaired) electrons. The fourth-order valence-corrected chi connectivity index (χ4v) is 13.6. The van der Waals surface area contributed by atoms with Gasteiger partial charge in [0.15, 0.2) is 24.1 Å². The largest absolute Gasteiger partial charge is 0.444 e. The number of fused-ring (bicyclic) bond motifs is 2. The van der Waals surface area contributed by atoms with Gasteiger partial charge >= 0.3 is 12.2 Å². The van der Waals surface area contributed by atoms with Crippen molar-refractivity contribution >= 4 is 69.0 Å². The molecule has 0 unspecified atom stereocenters. The summed E-state index contributed by atoms with van der Waals surface area (Å²) in [5.41, 5.74) is 22.2. The molecular formula is C108H102N2O8. The van der Waals surface area contributed by atoms with Crippen LogP contribution in [0, 0.1) is 27.7 Å². The summed E-state index contributed by atoms with van der Waals surface area (Å²) in [5.74, 6) is 0.0479. The van der Waals surface area contributed by atoms with Crippen LogP contribution in [0.25, 0.3) is 77.2 Å². The smallest absolute Gasteiger partial charge is 0.410 e. The van der Waals surface area contributed by atoms with E-state index in [-0.39, 0.29) is 23.8 Å². The number of aryl methyl sites for hydroxylation is 4. The Kier molecular flexibility index (Phi) is 29.6. The number of ether oxygens (including phenoxy) is 2. The van der Waals surface area contributed by atoms with E-state index in [1.807, 2.05) is 224 Å². The van der Waals surface area contributed by atoms with Crippen molar-refractivity contribution in [1.82, 2.24) is 9.80 Å². The second kappa shape index (κ2) is 41.0. The molecule has 16 rings (SSSR count). The lowest BCUT2D eigenvalue weighted by molar-refractivity contribution is 0.0260. The third-order valence-electron chi connectivity index (χ3n) is 20.0. The zero-order valence-electron chi connectivity index (χ0n) is 69.0. The van der Waals surface area contributed by atoms with Crippen LogP contribution in [-0.2, 0) is 9.47 Å². The summed E-state index contributed by atoms with van der Waals surface area (Å²) >= 11 is 0. The highest BCUT2D eigenvalue weighted by Gasteiger charge is 2.26. The van der Waals surface area contributed by atoms with Gasteiger partial charge in [0.2, 0.25) is 0 Å². The highest BCUT2D eigenvalue weighted by Crippen LogP contribution is 2.33. The van der Waals surface area contributed by atoms with Gasteiger partial charge in [-0.15, -0.1) is 0 Å². The monoisotopic (exact) mass is 1550 g/mol. The fraction of sp³-hybridized carbons (Fsp3) is 0.167. The Bertz CT molecular complexity index is 5410. The molecule has 2 amide bonds. The number of carbonyl (C=O) groups excluding carboxylic acids is 6. The predicted molar refractivity (Wildman–Crippen MR) is 486 cm³/mol. The molecule has 0 aliphatic carbocycles. The predicted octanol–water partition coefficient (Wildman–Crippen LogP) is 26.5. The van der Waals surface area contributed by atoms with Gasteiger partial charge < -0.3 is 19.3 Å². The molecular weight excluding hydrogens is 1450 g/mol. The number of aldehydes is 2. The molecule has 0 aromatic heterocycles. The summed E-state index contributed by atoms with van der Waals surface area (Å²) in [6.07, 6.45) is 6.90. The highest BCUT2D eigenvalue weighted by molar-refractivity contribution is 6.10. The molecule has 0 bridgehead atoms. The molecule has 0 fully saturated rings. The number of carbonyl (C=O) groups is 6. The Morgan fingerprint density at radius 2 is 0.551 bits per heavy atom. The third-order valence-corrected chi connectivity index (χ3v) is 20.0. The maximum atomic E-state index is 12.5. The van der Waals surface area contributed by atoms with Crippen LogP contribution in [0.1, 0.15) is 140 Å². The molecule has 14 aromatic carbocycles. The number of amides is 2. The Morgan fingerprint density at radius 1 is 0.288 bits per heavy atom. The van der Waals surface area contributed by atoms with Crippen LogP contribution in [-0.4, -0.2) is 83.5 Å². The van der Waals surface area contributed by atoms with Crippen LogP contribution in [0.2, 0.25) is 0 Å². The topological polar surface area (TPSA) is 127 Å². The van der Waals surface area contributed by atoms with Crippen LogP contribution in [0.5, 0.6) is 0 Å². The van der Waals surface area contributed by atoms with Gasteiger partial charge in [0.05, 0.1) is 0 Å². The van der Waals surface area contributed by atoms with E-state index in [1.165, 1.54) is 77.2 Å². The molecule has 0 N–H and O–H groups in total. The lowest BCUT2D eigenvalue weighted by Gasteiger charge is -2.29. The summed E-state index contributed by atoms with van der Waals surface area (Å²) in [4.78, 5) is 74.4. The standard InChI is InChI=1S/2C23H25NO3.2C17H14.2C14H12O/c2*1-23(2,3)27-22(26)24-15-13-18(14-16-24)17-9-11-20(12-10-17)21(25)19-7-5-4-6-8-19;2*1-13-9-11-15(12-10-13)17-8-4-6-14-5-2-3-7-16(14)17;2*1-11-6-8-12(9-7-11)14-5-3-2-4-13(14)10-15/h2*4-13H,14-16H2,1-3H3;2*2-12H,1H3;2*2-10H,1H3. The normalized spacial score (nSPS) is 12.2. The molecule has 14 aromatic rings. The Balaban J connectivity index is 0.000000141. The molecule has 0 saturated heterocycles. The van der Waals surface area contributed by atoms with E-state index in [1.54, 1.807) is 9.80 Å². The number of rotatable bonds is 12. The SMILES string of the molecule is CC(C)(C)OC(=O)N1CC=C(c2ccc(C(=O)c3ccccc3)cc2)CC1.CC(C)(C)OC(=O)N1CC=C(c2ccc(C(=O)c3ccccc3)cc2)CC1.Cc1ccc(-c2cccc3ccccc23)cc1.Cc1ccc(-c2cccc3ccccc23)cc1.Cc1ccc(-c2ccccc2C=O)cc1.Cc1ccc(-c2ccccc2C=O)cc1. The average molecular weight is 1560 g/mol. The first-order chi connectivity index (χ1) is 57.0. The van der Waals surface area contributed by atoms with Crippen LogP contribution < -0.4 is 0 Å². The van der Waals surface area contributed by atoms with Gasteiger partial charge in [0, 0.05) is 59.6 Å². The number of benzene rings is 14. The first-order valence-electron chi connectivity index (χ1n) is 40.0. The first kappa shape index (κ1) is 85.2. The molecule has 592 valence electrons. The minimum absolute atomic E-state index is 0.0240. The van der Waals surface area contributed by atoms with Crippen LogP contribution in [0.4, 0.5) is 9.59 Å². The average Bonchev–Trinajstić information content (AvgIpc) is 0.816. The molecule has 2 aliphatic rings. The maximum absolute atomic E-state index is 12.5. The molecule has 118 heavy (non-hydrogen) atoms. The van der Waals surface area contributed by atoms with Gasteiger partial charge in [0.1, 0.15) is 11.2 Å². The number of nitrogens with zero attached hydrogens (tertiary/aromatic N) is 2. The zero-order valence-corrected chi connectivity index (χ0v) is 69.0. The second-order valence-electron chi connectivity index (χ2n) is 31.3. The van der Waals surface area contributed by atoms with Gasteiger partial charge in [-0.1, -0.05) is 374 Å². The number of hydrogen-bond acceptors (Lipinski definition) is 8. The van der Waals surface area contributed by atoms with Crippen molar-refractivity contribution in [3.8, 4) is 44.5 Å². The lowest BCUT2D eigenvalue weighted by atomic mass is 9.96. The van der Waals surface area contributed by atoms with Crippen LogP contribution in [0.15, 0.2) is 352 Å². The van der Waals surface area contributed by atoms with E-state index in [0.717, 1.165) is 69.9 Å². The summed E-state index contributed by atoms with van der Waals surface area (Å²) in [6.45, 7) is 21.9. The Hall–Kier alpha value is -13.7. The number of hydrogen-bond donors (Lipinski definition) is 0. The van der Waals surface area contributed by atoms with Crippen LogP contribution >= 0.6 is 0 Å². The molecule has 0 spiro atoms. The van der Waals surface area contributed by atoms with E-state index in [0.29, 0.717) is 48.4 Å². The van der Waals surface area contributed by atoms with Crippen molar-refractivity contribution in [2.75, 3.05) is 26.2 Å². The molecule has 0 atom stereocenters. The zero-order chi connectivity index (χ0) is 83.6. The van der Waals surface area contributed by atoms with Gasteiger partial charge in [-0.25, -0.2) is 9.59 Å². The van der Waals surface area contributed by atoms with Crippen molar-refractivity contribution in [2.24, 2.45) is 0 Å². The summed E-state index contributed by atoms with van der Waals surface area (Å²) in [7, 11) is 0. The molecule has 2 aliphatic heterocycles. The summed E-state index contributed by atoms with van der Waals surface area (Å²) < 4.78 is 10.8. The van der Waals surface area contributed by atoms with Gasteiger partial charge in [-0.3, -0.25) is 19.2 Å². The van der Waals surface area contributed by atoms with Crippen molar-refractivity contribution < 1.29 is 38.2 Å². The lowest BCUT2D eigenvalue weighted by Crippen LogP contribution is -2.39. The van der Waals surface area contributed by atoms with Gasteiger partial charge in [0.25, 0.3) is 0 Å². The fourth-order valence-electron chi connectivity index (χ4n) is 13.6. The van der Waals surface area contributed by atoms with E-state index < -0.39 is 11.2 Å². The molecule has 10 nitrogen and oxygen atoms in total. The molecule has 0 saturated carbocycles. The quantitative estimate of drug-likeness (QED) is 0.0874. The summed E-state index contributed by atoms with van der Waals surface area (Å²) in [5, 5.41) is 5.23. The van der Waals surface area contributed by atoms with E-state index in [9.17, 15) is 28.8 Å². The minimum atomic E-state index is -0.484. The van der Waals surface area contributed by atoms with Crippen LogP contribution in [0.3, 0.4) is 0 Å². The van der Waals surface area contributed by atoms with Gasteiger partial charge in [-0.05, 0) is 170 Å². The van der Waals surface area contributed by atoms with E-state index in [4.69, 9.17) is 9.47 Å². The number of ketones is 2. The van der Waals surface area contributed by atoms with E-state index in [2.05, 4.69) is 198 Å². The second-order valence-corrected chi connectivity index (χ2v) is 31.3. The molecule has 2 heterocycles. The maximum Gasteiger partial charge on any atom is 0.410 e. The summed E-state index contributed by atoms with van der Waals surface area (Å²) in [6, 6.07) is 113. The Morgan fingerprint density at radius 3 is 0.856 bits per heavy atom. The van der Waals surface area contributed by atoms with Crippen molar-refractivity contribution in [3.63, 3.8) is 0 Å². The van der Waals surface area contributed by atoms with E-state index >= 15 is 0 Å². The minimum Gasteiger partial charge on any atom is -0.444 e. The first-order valence-corrected chi connectivity index (χ1v) is 40.0. The van der Waals surface area contributed by atoms with Gasteiger partial charge in [-0.2, -0.15) is 0 Å².